The lowest BCUT2D eigenvalue weighted by atomic mass is 9.97. The average molecular weight is 288 g/mol. The van der Waals surface area contributed by atoms with Crippen molar-refractivity contribution in [2.45, 2.75) is 51.1 Å². The van der Waals surface area contributed by atoms with Crippen molar-refractivity contribution < 1.29 is 5.11 Å². The van der Waals surface area contributed by atoms with Gasteiger partial charge < -0.3 is 5.11 Å². The fourth-order valence-corrected chi connectivity index (χ4v) is 3.80. The zero-order valence-electron chi connectivity index (χ0n) is 13.2. The Bertz CT molecular complexity index is 445. The second-order valence-corrected chi connectivity index (χ2v) is 6.73. The molecule has 3 heteroatoms. The lowest BCUT2D eigenvalue weighted by Gasteiger charge is -2.46. The lowest BCUT2D eigenvalue weighted by molar-refractivity contribution is 0.0294. The molecule has 21 heavy (non-hydrogen) atoms. The molecule has 0 spiro atoms. The van der Waals surface area contributed by atoms with Crippen molar-refractivity contribution in [3.05, 3.63) is 29.8 Å². The van der Waals surface area contributed by atoms with Crippen molar-refractivity contribution in [2.75, 3.05) is 26.2 Å². The molecule has 3 nitrogen and oxygen atoms in total. The van der Waals surface area contributed by atoms with E-state index in [9.17, 15) is 5.11 Å². The van der Waals surface area contributed by atoms with Crippen molar-refractivity contribution in [3.63, 3.8) is 0 Å². The van der Waals surface area contributed by atoms with Gasteiger partial charge in [-0.25, -0.2) is 0 Å². The van der Waals surface area contributed by atoms with Crippen LogP contribution in [0.4, 0.5) is 0 Å². The second kappa shape index (κ2) is 6.80. The van der Waals surface area contributed by atoms with E-state index >= 15 is 0 Å². The van der Waals surface area contributed by atoms with Gasteiger partial charge in [0, 0.05) is 31.7 Å². The summed E-state index contributed by atoms with van der Waals surface area (Å²) in [4.78, 5) is 5.39. The van der Waals surface area contributed by atoms with Gasteiger partial charge in [0.05, 0.1) is 0 Å². The van der Waals surface area contributed by atoms with Crippen molar-refractivity contribution in [1.82, 2.24) is 9.80 Å². The Balaban J connectivity index is 1.49. The number of phenolic OH excluding ortho intramolecular Hbond substituents is 1. The van der Waals surface area contributed by atoms with Gasteiger partial charge in [-0.05, 0) is 56.8 Å². The fourth-order valence-electron chi connectivity index (χ4n) is 3.80. The first-order valence-electron chi connectivity index (χ1n) is 8.48. The Morgan fingerprint density at radius 3 is 2.76 bits per heavy atom. The summed E-state index contributed by atoms with van der Waals surface area (Å²) in [5, 5.41) is 9.34. The van der Waals surface area contributed by atoms with Crippen LogP contribution < -0.4 is 0 Å². The standard InChI is InChI=1S/C18H28N2O/c1-15(5-6-16-7-9-18(21)10-8-16)20-13-12-19-11-3-2-4-17(19)14-20/h7-10,15,17,21H,2-6,11-14H2,1H3. The predicted octanol–water partition coefficient (Wildman–Crippen LogP) is 2.88. The second-order valence-electron chi connectivity index (χ2n) is 6.73. The van der Waals surface area contributed by atoms with Crippen LogP contribution >= 0.6 is 0 Å². The van der Waals surface area contributed by atoms with Crippen LogP contribution in [0.2, 0.25) is 0 Å². The van der Waals surface area contributed by atoms with Crippen LogP contribution in [-0.2, 0) is 6.42 Å². The first-order valence-corrected chi connectivity index (χ1v) is 8.48. The molecule has 0 saturated carbocycles. The largest absolute Gasteiger partial charge is 0.508 e. The quantitative estimate of drug-likeness (QED) is 0.923. The molecule has 0 aliphatic carbocycles. The van der Waals surface area contributed by atoms with Crippen LogP contribution in [0.1, 0.15) is 38.2 Å². The third-order valence-corrected chi connectivity index (χ3v) is 5.28. The molecule has 1 aromatic rings. The summed E-state index contributed by atoms with van der Waals surface area (Å²) in [7, 11) is 0. The molecule has 2 aliphatic heterocycles. The van der Waals surface area contributed by atoms with Crippen LogP contribution in [0, 0.1) is 0 Å². The van der Waals surface area contributed by atoms with Gasteiger partial charge in [-0.3, -0.25) is 9.80 Å². The molecule has 2 atom stereocenters. The number of rotatable bonds is 4. The number of aromatic hydroxyl groups is 1. The van der Waals surface area contributed by atoms with Crippen molar-refractivity contribution >= 4 is 0 Å². The van der Waals surface area contributed by atoms with Crippen LogP contribution in [-0.4, -0.2) is 53.2 Å². The van der Waals surface area contributed by atoms with E-state index in [1.54, 1.807) is 12.1 Å². The summed E-state index contributed by atoms with van der Waals surface area (Å²) in [6.45, 7) is 7.44. The highest BCUT2D eigenvalue weighted by Crippen LogP contribution is 2.23. The SMILES string of the molecule is CC(CCc1ccc(O)cc1)N1CCN2CCCCC2C1. The van der Waals surface area contributed by atoms with Gasteiger partial charge in [-0.1, -0.05) is 18.6 Å². The van der Waals surface area contributed by atoms with Gasteiger partial charge in [-0.15, -0.1) is 0 Å². The first-order chi connectivity index (χ1) is 10.2. The van der Waals surface area contributed by atoms with Crippen LogP contribution in [0.3, 0.4) is 0 Å². The van der Waals surface area contributed by atoms with E-state index in [4.69, 9.17) is 0 Å². The topological polar surface area (TPSA) is 26.7 Å². The molecular weight excluding hydrogens is 260 g/mol. The van der Waals surface area contributed by atoms with Crippen molar-refractivity contribution in [1.29, 1.82) is 0 Å². The Morgan fingerprint density at radius 1 is 1.14 bits per heavy atom. The minimum absolute atomic E-state index is 0.361. The zero-order chi connectivity index (χ0) is 14.7. The van der Waals surface area contributed by atoms with Crippen molar-refractivity contribution in [3.8, 4) is 5.75 Å². The van der Waals surface area contributed by atoms with Crippen LogP contribution in [0.5, 0.6) is 5.75 Å². The summed E-state index contributed by atoms with van der Waals surface area (Å²) in [6.07, 6.45) is 6.51. The zero-order valence-corrected chi connectivity index (χ0v) is 13.2. The number of piperidine rings is 1. The Kier molecular flexibility index (Phi) is 4.81. The Morgan fingerprint density at radius 2 is 1.95 bits per heavy atom. The number of benzene rings is 1. The number of phenols is 1. The average Bonchev–Trinajstić information content (AvgIpc) is 2.53. The minimum Gasteiger partial charge on any atom is -0.508 e. The van der Waals surface area contributed by atoms with Gasteiger partial charge >= 0.3 is 0 Å². The maximum Gasteiger partial charge on any atom is 0.115 e. The van der Waals surface area contributed by atoms with Crippen molar-refractivity contribution in [2.24, 2.45) is 0 Å². The molecule has 1 aromatic carbocycles. The number of fused-ring (bicyclic) bond motifs is 1. The summed E-state index contributed by atoms with van der Waals surface area (Å²) in [5.74, 6) is 0.361. The van der Waals surface area contributed by atoms with Crippen LogP contribution in [0.25, 0.3) is 0 Å². The van der Waals surface area contributed by atoms with Gasteiger partial charge in [-0.2, -0.15) is 0 Å². The number of nitrogens with zero attached hydrogens (tertiary/aromatic N) is 2. The third-order valence-electron chi connectivity index (χ3n) is 5.28. The minimum atomic E-state index is 0.361. The Labute approximate surface area is 128 Å². The number of hydrogen-bond acceptors (Lipinski definition) is 3. The van der Waals surface area contributed by atoms with E-state index in [1.165, 1.54) is 57.4 Å². The van der Waals surface area contributed by atoms with E-state index in [0.717, 1.165) is 12.5 Å². The number of piperazine rings is 1. The smallest absolute Gasteiger partial charge is 0.115 e. The normalized spacial score (nSPS) is 25.5. The fraction of sp³-hybridized carbons (Fsp3) is 0.667. The molecule has 2 fully saturated rings. The third kappa shape index (κ3) is 3.78. The first kappa shape index (κ1) is 14.9. The van der Waals surface area contributed by atoms with Crippen LogP contribution in [0.15, 0.2) is 24.3 Å². The molecular formula is C18H28N2O. The lowest BCUT2D eigenvalue weighted by Crippen LogP contribution is -2.56. The maximum absolute atomic E-state index is 9.34. The molecule has 116 valence electrons. The molecule has 2 saturated heterocycles. The van der Waals surface area contributed by atoms with Gasteiger partial charge in [0.25, 0.3) is 0 Å². The van der Waals surface area contributed by atoms with E-state index in [1.807, 2.05) is 12.1 Å². The summed E-state index contributed by atoms with van der Waals surface area (Å²) < 4.78 is 0. The van der Waals surface area contributed by atoms with Gasteiger partial charge in [0.2, 0.25) is 0 Å². The molecule has 2 aliphatic rings. The molecule has 0 bridgehead atoms. The highest BCUT2D eigenvalue weighted by Gasteiger charge is 2.30. The summed E-state index contributed by atoms with van der Waals surface area (Å²) in [6, 6.07) is 9.13. The molecule has 2 unspecified atom stereocenters. The molecule has 3 rings (SSSR count). The Hall–Kier alpha value is -1.06. The predicted molar refractivity (Wildman–Crippen MR) is 86.7 cm³/mol. The van der Waals surface area contributed by atoms with E-state index < -0.39 is 0 Å². The number of hydrogen-bond donors (Lipinski definition) is 1. The van der Waals surface area contributed by atoms with E-state index in [-0.39, 0.29) is 0 Å². The molecule has 0 radical (unpaired) electrons. The van der Waals surface area contributed by atoms with Gasteiger partial charge in [0.15, 0.2) is 0 Å². The summed E-state index contributed by atoms with van der Waals surface area (Å²) >= 11 is 0. The van der Waals surface area contributed by atoms with E-state index in [0.29, 0.717) is 11.8 Å². The molecule has 0 aromatic heterocycles. The maximum atomic E-state index is 9.34. The molecule has 1 N–H and O–H groups in total. The molecule has 2 heterocycles. The highest BCUT2D eigenvalue weighted by atomic mass is 16.3. The monoisotopic (exact) mass is 288 g/mol. The molecule has 0 amide bonds. The van der Waals surface area contributed by atoms with E-state index in [2.05, 4.69) is 16.7 Å². The summed E-state index contributed by atoms with van der Waals surface area (Å²) in [5.41, 5.74) is 1.33. The highest BCUT2D eigenvalue weighted by molar-refractivity contribution is 5.25. The number of aryl methyl sites for hydroxylation is 1. The van der Waals surface area contributed by atoms with Gasteiger partial charge in [0.1, 0.15) is 5.75 Å².